The molecule has 0 aliphatic carbocycles. The molecule has 114 valence electrons. The summed E-state index contributed by atoms with van der Waals surface area (Å²) in [6.07, 6.45) is 3.25. The molecule has 1 atom stereocenters. The summed E-state index contributed by atoms with van der Waals surface area (Å²) in [4.78, 5) is 14.0. The van der Waals surface area contributed by atoms with Gasteiger partial charge in [-0.1, -0.05) is 32.0 Å². The lowest BCUT2D eigenvalue weighted by molar-refractivity contribution is 0.0892. The number of aromatic nitrogens is 3. The molecule has 22 heavy (non-hydrogen) atoms. The third kappa shape index (κ3) is 3.00. The predicted molar refractivity (Wildman–Crippen MR) is 82.3 cm³/mol. The number of amides is 1. The second-order valence-corrected chi connectivity index (χ2v) is 5.56. The van der Waals surface area contributed by atoms with Crippen molar-refractivity contribution in [3.05, 3.63) is 48.5 Å². The molecule has 3 aromatic rings. The maximum absolute atomic E-state index is 12.4. The Kier molecular flexibility index (Phi) is 3.91. The summed E-state index contributed by atoms with van der Waals surface area (Å²) in [5.41, 5.74) is 0.711. The molecule has 0 bridgehead atoms. The topological polar surface area (TPSA) is 73.0 Å². The van der Waals surface area contributed by atoms with E-state index in [-0.39, 0.29) is 17.9 Å². The van der Waals surface area contributed by atoms with E-state index in [1.807, 2.05) is 38.1 Å². The van der Waals surface area contributed by atoms with E-state index in [0.29, 0.717) is 17.9 Å². The summed E-state index contributed by atoms with van der Waals surface area (Å²) in [6.45, 7) is 4.62. The van der Waals surface area contributed by atoms with Crippen LogP contribution in [0.4, 0.5) is 0 Å². The fourth-order valence-corrected chi connectivity index (χ4v) is 2.27. The van der Waals surface area contributed by atoms with Crippen LogP contribution in [-0.2, 0) is 6.54 Å². The van der Waals surface area contributed by atoms with Crippen LogP contribution in [0.2, 0.25) is 0 Å². The second kappa shape index (κ2) is 6.01. The van der Waals surface area contributed by atoms with Gasteiger partial charge in [-0.05, 0) is 18.1 Å². The van der Waals surface area contributed by atoms with Crippen LogP contribution in [0.1, 0.15) is 24.4 Å². The number of hydrogen-bond donors (Lipinski definition) is 1. The molecular formula is C16H18N4O2. The van der Waals surface area contributed by atoms with Crippen LogP contribution < -0.4 is 5.32 Å². The number of benzene rings is 1. The van der Waals surface area contributed by atoms with Crippen molar-refractivity contribution in [3.8, 4) is 0 Å². The van der Waals surface area contributed by atoms with Crippen molar-refractivity contribution in [1.29, 1.82) is 0 Å². The lowest BCUT2D eigenvalue weighted by Crippen LogP contribution is -2.41. The summed E-state index contributed by atoms with van der Waals surface area (Å²) < 4.78 is 5.60. The SMILES string of the molecule is CC(C)C(Cn1nccn1)NC(=O)c1cc2ccccc2o1. The van der Waals surface area contributed by atoms with Crippen LogP contribution in [0.5, 0.6) is 0 Å². The highest BCUT2D eigenvalue weighted by Gasteiger charge is 2.20. The molecule has 6 nitrogen and oxygen atoms in total. The molecule has 6 heteroatoms. The number of nitrogens with one attached hydrogen (secondary N) is 1. The van der Waals surface area contributed by atoms with Crippen LogP contribution in [0.3, 0.4) is 0 Å². The molecule has 0 radical (unpaired) electrons. The first-order valence-electron chi connectivity index (χ1n) is 7.27. The van der Waals surface area contributed by atoms with Gasteiger partial charge in [0.1, 0.15) is 5.58 Å². The molecule has 3 rings (SSSR count). The van der Waals surface area contributed by atoms with Gasteiger partial charge in [0.05, 0.1) is 25.0 Å². The smallest absolute Gasteiger partial charge is 0.287 e. The van der Waals surface area contributed by atoms with Gasteiger partial charge in [-0.3, -0.25) is 4.79 Å². The summed E-state index contributed by atoms with van der Waals surface area (Å²) in [5, 5.41) is 12.1. The number of carbonyl (C=O) groups is 1. The Morgan fingerprint density at radius 1 is 1.27 bits per heavy atom. The molecule has 1 aromatic carbocycles. The number of furan rings is 1. The van der Waals surface area contributed by atoms with Gasteiger partial charge < -0.3 is 9.73 Å². The largest absolute Gasteiger partial charge is 0.451 e. The van der Waals surface area contributed by atoms with E-state index in [2.05, 4.69) is 15.5 Å². The number of nitrogens with zero attached hydrogens (tertiary/aromatic N) is 3. The molecular weight excluding hydrogens is 280 g/mol. The van der Waals surface area contributed by atoms with E-state index >= 15 is 0 Å². The Bertz CT molecular complexity index is 728. The molecule has 1 unspecified atom stereocenters. The molecule has 0 saturated heterocycles. The Morgan fingerprint density at radius 3 is 2.68 bits per heavy atom. The van der Waals surface area contributed by atoms with E-state index in [4.69, 9.17) is 4.42 Å². The van der Waals surface area contributed by atoms with Crippen LogP contribution in [0, 0.1) is 5.92 Å². The third-order valence-electron chi connectivity index (χ3n) is 3.60. The Morgan fingerprint density at radius 2 is 2.00 bits per heavy atom. The molecule has 0 spiro atoms. The zero-order chi connectivity index (χ0) is 15.5. The van der Waals surface area contributed by atoms with E-state index in [1.165, 1.54) is 0 Å². The molecule has 1 N–H and O–H groups in total. The maximum atomic E-state index is 12.4. The van der Waals surface area contributed by atoms with Crippen LogP contribution in [0.15, 0.2) is 47.1 Å². The predicted octanol–water partition coefficient (Wildman–Crippen LogP) is 2.48. The van der Waals surface area contributed by atoms with Gasteiger partial charge >= 0.3 is 0 Å². The quantitative estimate of drug-likeness (QED) is 0.785. The van der Waals surface area contributed by atoms with Gasteiger partial charge in [-0.15, -0.1) is 0 Å². The monoisotopic (exact) mass is 298 g/mol. The number of fused-ring (bicyclic) bond motifs is 1. The minimum absolute atomic E-state index is 0.0758. The number of carbonyl (C=O) groups excluding carboxylic acids is 1. The van der Waals surface area contributed by atoms with E-state index in [9.17, 15) is 4.79 Å². The number of para-hydroxylation sites is 1. The van der Waals surface area contributed by atoms with Crippen molar-refractivity contribution in [2.75, 3.05) is 0 Å². The minimum atomic E-state index is -0.220. The lowest BCUT2D eigenvalue weighted by atomic mass is 10.0. The standard InChI is InChI=1S/C16H18N4O2/c1-11(2)13(10-20-17-7-8-18-20)19-16(21)15-9-12-5-3-4-6-14(12)22-15/h3-9,11,13H,10H2,1-2H3,(H,19,21). The van der Waals surface area contributed by atoms with Gasteiger partial charge in [0.15, 0.2) is 5.76 Å². The lowest BCUT2D eigenvalue weighted by Gasteiger charge is -2.21. The summed E-state index contributed by atoms with van der Waals surface area (Å²) >= 11 is 0. The van der Waals surface area contributed by atoms with Gasteiger partial charge in [-0.2, -0.15) is 15.0 Å². The minimum Gasteiger partial charge on any atom is -0.451 e. The van der Waals surface area contributed by atoms with Gasteiger partial charge in [0, 0.05) is 5.39 Å². The van der Waals surface area contributed by atoms with Crippen molar-refractivity contribution in [2.45, 2.75) is 26.4 Å². The summed E-state index contributed by atoms with van der Waals surface area (Å²) in [7, 11) is 0. The zero-order valence-corrected chi connectivity index (χ0v) is 12.6. The normalized spacial score (nSPS) is 12.7. The molecule has 0 saturated carbocycles. The Balaban J connectivity index is 1.75. The summed E-state index contributed by atoms with van der Waals surface area (Å²) in [5.74, 6) is 0.349. The fourth-order valence-electron chi connectivity index (χ4n) is 2.27. The van der Waals surface area contributed by atoms with Gasteiger partial charge in [0.25, 0.3) is 5.91 Å². The van der Waals surface area contributed by atoms with Crippen LogP contribution in [-0.4, -0.2) is 26.9 Å². The first-order chi connectivity index (χ1) is 10.6. The van der Waals surface area contributed by atoms with Crippen molar-refractivity contribution < 1.29 is 9.21 Å². The Hall–Kier alpha value is -2.63. The van der Waals surface area contributed by atoms with Gasteiger partial charge in [0.2, 0.25) is 0 Å². The second-order valence-electron chi connectivity index (χ2n) is 5.56. The van der Waals surface area contributed by atoms with Crippen LogP contribution >= 0.6 is 0 Å². The van der Waals surface area contributed by atoms with E-state index in [0.717, 1.165) is 5.39 Å². The molecule has 0 aliphatic rings. The number of hydrogen-bond acceptors (Lipinski definition) is 4. The first-order valence-corrected chi connectivity index (χ1v) is 7.27. The fraction of sp³-hybridized carbons (Fsp3) is 0.312. The first kappa shape index (κ1) is 14.3. The van der Waals surface area contributed by atoms with Crippen molar-refractivity contribution in [3.63, 3.8) is 0 Å². The molecule has 1 amide bonds. The average Bonchev–Trinajstić information content (AvgIpc) is 3.15. The highest BCUT2D eigenvalue weighted by atomic mass is 16.3. The van der Waals surface area contributed by atoms with E-state index < -0.39 is 0 Å². The maximum Gasteiger partial charge on any atom is 0.287 e. The highest BCUT2D eigenvalue weighted by molar-refractivity contribution is 5.96. The highest BCUT2D eigenvalue weighted by Crippen LogP contribution is 2.19. The Labute approximate surface area is 128 Å². The molecule has 2 aromatic heterocycles. The third-order valence-corrected chi connectivity index (χ3v) is 3.60. The van der Waals surface area contributed by atoms with Crippen molar-refractivity contribution in [2.24, 2.45) is 5.92 Å². The molecule has 0 aliphatic heterocycles. The van der Waals surface area contributed by atoms with Gasteiger partial charge in [-0.25, -0.2) is 0 Å². The zero-order valence-electron chi connectivity index (χ0n) is 12.6. The van der Waals surface area contributed by atoms with E-state index in [1.54, 1.807) is 23.3 Å². The number of rotatable bonds is 5. The molecule has 2 heterocycles. The van der Waals surface area contributed by atoms with Crippen LogP contribution in [0.25, 0.3) is 11.0 Å². The summed E-state index contributed by atoms with van der Waals surface area (Å²) in [6, 6.07) is 9.25. The molecule has 0 fully saturated rings. The van der Waals surface area contributed by atoms with Crippen molar-refractivity contribution >= 4 is 16.9 Å². The average molecular weight is 298 g/mol. The van der Waals surface area contributed by atoms with Crippen molar-refractivity contribution in [1.82, 2.24) is 20.3 Å².